The van der Waals surface area contributed by atoms with Crippen LogP contribution in [-0.2, 0) is 0 Å². The van der Waals surface area contributed by atoms with Crippen LogP contribution in [0.3, 0.4) is 0 Å². The molecule has 0 unspecified atom stereocenters. The second kappa shape index (κ2) is 8.00. The summed E-state index contributed by atoms with van der Waals surface area (Å²) < 4.78 is 3.53. The highest BCUT2D eigenvalue weighted by atomic mass is 127. The summed E-state index contributed by atoms with van der Waals surface area (Å²) in [6.07, 6.45) is 2.90. The zero-order valence-electron chi connectivity index (χ0n) is 15.2. The van der Waals surface area contributed by atoms with Crippen molar-refractivity contribution in [1.29, 1.82) is 0 Å². The van der Waals surface area contributed by atoms with Crippen LogP contribution in [0.4, 0.5) is 0 Å². The average Bonchev–Trinajstić information content (AvgIpc) is 3.32. The van der Waals surface area contributed by atoms with Crippen molar-refractivity contribution in [3.63, 3.8) is 0 Å². The molecule has 2 nitrogen and oxygen atoms in total. The van der Waals surface area contributed by atoms with Crippen molar-refractivity contribution in [2.45, 2.75) is 6.42 Å². The molecule has 142 valence electrons. The largest absolute Gasteiger partial charge is 0.360 e. The Balaban J connectivity index is 1.67. The number of allylic oxidation sites excluding steroid dienone is 1. The predicted octanol–water partition coefficient (Wildman–Crippen LogP) is 7.90. The fourth-order valence-corrected chi connectivity index (χ4v) is 5.22. The Morgan fingerprint density at radius 3 is 2.34 bits per heavy atom. The molecule has 0 aliphatic carbocycles. The molecule has 0 bridgehead atoms. The van der Waals surface area contributed by atoms with Crippen molar-refractivity contribution in [3.05, 3.63) is 101 Å². The Kier molecular flexibility index (Phi) is 5.38. The number of nitrogens with one attached hydrogen (secondary N) is 1. The Hall–Kier alpha value is -1.45. The van der Waals surface area contributed by atoms with Gasteiger partial charge in [-0.1, -0.05) is 40.2 Å². The Morgan fingerprint density at radius 1 is 0.862 bits per heavy atom. The minimum atomic E-state index is 0.820. The van der Waals surface area contributed by atoms with E-state index in [0.717, 1.165) is 27.8 Å². The van der Waals surface area contributed by atoms with Gasteiger partial charge in [0.2, 0.25) is 0 Å². The normalized spacial score (nSPS) is 14.0. The molecule has 1 aliphatic rings. The van der Waals surface area contributed by atoms with Gasteiger partial charge in [-0.15, -0.1) is 0 Å². The van der Waals surface area contributed by atoms with E-state index in [2.05, 4.69) is 139 Å². The van der Waals surface area contributed by atoms with Gasteiger partial charge in [0.15, 0.2) is 0 Å². The molecule has 1 aromatic heterocycles. The predicted molar refractivity (Wildman–Crippen MR) is 142 cm³/mol. The Bertz CT molecular complexity index is 1320. The fraction of sp³-hybridized carbons (Fsp3) is 0.0417. The first-order valence-electron chi connectivity index (χ1n) is 9.18. The molecule has 1 aliphatic heterocycles. The third-order valence-electron chi connectivity index (χ3n) is 5.10. The van der Waals surface area contributed by atoms with Gasteiger partial charge in [0, 0.05) is 46.3 Å². The molecule has 2 heterocycles. The first-order chi connectivity index (χ1) is 14.1. The molecule has 0 saturated heterocycles. The highest BCUT2D eigenvalue weighted by molar-refractivity contribution is 14.1. The first-order valence-corrected chi connectivity index (χ1v) is 12.1. The van der Waals surface area contributed by atoms with Crippen molar-refractivity contribution >= 4 is 89.0 Å². The van der Waals surface area contributed by atoms with Gasteiger partial charge in [-0.05, 0) is 98.8 Å². The van der Waals surface area contributed by atoms with Crippen molar-refractivity contribution < 1.29 is 0 Å². The molecule has 29 heavy (non-hydrogen) atoms. The van der Waals surface area contributed by atoms with Gasteiger partial charge >= 0.3 is 0 Å². The van der Waals surface area contributed by atoms with Crippen LogP contribution in [0.25, 0.3) is 22.2 Å². The molecule has 0 atom stereocenters. The van der Waals surface area contributed by atoms with Crippen molar-refractivity contribution in [1.82, 2.24) is 4.98 Å². The number of aromatic nitrogens is 1. The van der Waals surface area contributed by atoms with Gasteiger partial charge in [-0.25, -0.2) is 0 Å². The monoisotopic (exact) mass is 664 g/mol. The lowest BCUT2D eigenvalue weighted by atomic mass is 9.96. The summed E-state index contributed by atoms with van der Waals surface area (Å²) in [4.78, 5) is 8.56. The minimum absolute atomic E-state index is 0.820. The summed E-state index contributed by atoms with van der Waals surface area (Å²) in [6.45, 7) is 0. The number of aromatic amines is 1. The number of hydrogen-bond acceptors (Lipinski definition) is 1. The second-order valence-electron chi connectivity index (χ2n) is 6.98. The molecule has 1 N–H and O–H groups in total. The van der Waals surface area contributed by atoms with Gasteiger partial charge in [-0.2, -0.15) is 0 Å². The molecule has 4 aromatic rings. The minimum Gasteiger partial charge on any atom is -0.360 e. The van der Waals surface area contributed by atoms with Crippen LogP contribution in [-0.4, -0.2) is 10.7 Å². The number of hydrogen-bond donors (Lipinski definition) is 1. The van der Waals surface area contributed by atoms with E-state index in [-0.39, 0.29) is 0 Å². The summed E-state index contributed by atoms with van der Waals surface area (Å²) in [5.41, 5.74) is 8.17. The quantitative estimate of drug-likeness (QED) is 0.216. The lowest BCUT2D eigenvalue weighted by Crippen LogP contribution is -1.97. The molecule has 0 amide bonds. The molecule has 3 aromatic carbocycles. The number of H-pyrrole nitrogens is 1. The highest BCUT2D eigenvalue weighted by Gasteiger charge is 2.24. The van der Waals surface area contributed by atoms with Gasteiger partial charge in [0.25, 0.3) is 0 Å². The number of halogens is 3. The third kappa shape index (κ3) is 3.84. The molecule has 5 rings (SSSR count). The van der Waals surface area contributed by atoms with Gasteiger partial charge in [0.05, 0.1) is 11.4 Å². The summed E-state index contributed by atoms with van der Waals surface area (Å²) in [6, 6.07) is 23.6. The number of rotatable bonds is 3. The summed E-state index contributed by atoms with van der Waals surface area (Å²) in [5.74, 6) is 0. The average molecular weight is 665 g/mol. The lowest BCUT2D eigenvalue weighted by molar-refractivity contribution is 1.44. The third-order valence-corrected chi connectivity index (χ3v) is 6.94. The van der Waals surface area contributed by atoms with Crippen molar-refractivity contribution in [2.24, 2.45) is 4.99 Å². The van der Waals surface area contributed by atoms with E-state index in [1.807, 2.05) is 0 Å². The zero-order chi connectivity index (χ0) is 20.0. The van der Waals surface area contributed by atoms with Crippen LogP contribution in [0, 0.1) is 7.14 Å². The SMILES string of the molecule is Brc1ccc2[nH]cc(C3=NC(c4cccc(I)c4)=C(c4cccc(I)c4)C3)c2c1. The van der Waals surface area contributed by atoms with Crippen LogP contribution >= 0.6 is 61.1 Å². The molecule has 0 fully saturated rings. The second-order valence-corrected chi connectivity index (χ2v) is 10.4. The Morgan fingerprint density at radius 2 is 1.59 bits per heavy atom. The maximum absolute atomic E-state index is 5.16. The van der Waals surface area contributed by atoms with E-state index in [4.69, 9.17) is 4.99 Å². The lowest BCUT2D eigenvalue weighted by Gasteiger charge is -2.08. The maximum Gasteiger partial charge on any atom is 0.0747 e. The van der Waals surface area contributed by atoms with Crippen LogP contribution in [0.2, 0.25) is 0 Å². The maximum atomic E-state index is 5.16. The smallest absolute Gasteiger partial charge is 0.0747 e. The Labute approximate surface area is 204 Å². The molecule has 5 heteroatoms. The van der Waals surface area contributed by atoms with Crippen LogP contribution in [0.15, 0.2) is 82.4 Å². The standard InChI is InChI=1S/C24H15BrI2N2/c25-16-7-8-22-20(11-16)21(13-28-22)23-12-19(14-3-1-5-17(26)9-14)24(29-23)15-4-2-6-18(27)10-15/h1-11,13,28H,12H2. The van der Waals surface area contributed by atoms with Crippen molar-refractivity contribution in [3.8, 4) is 0 Å². The van der Waals surface area contributed by atoms with E-state index < -0.39 is 0 Å². The van der Waals surface area contributed by atoms with Crippen molar-refractivity contribution in [2.75, 3.05) is 0 Å². The number of aliphatic imine (C=N–C) groups is 1. The van der Waals surface area contributed by atoms with Gasteiger partial charge in [-0.3, -0.25) is 4.99 Å². The zero-order valence-corrected chi connectivity index (χ0v) is 21.1. The topological polar surface area (TPSA) is 28.1 Å². The van der Waals surface area contributed by atoms with Crippen LogP contribution in [0.5, 0.6) is 0 Å². The first kappa shape index (κ1) is 19.5. The number of fused-ring (bicyclic) bond motifs is 1. The van der Waals surface area contributed by atoms with E-state index in [9.17, 15) is 0 Å². The van der Waals surface area contributed by atoms with Crippen LogP contribution in [0.1, 0.15) is 23.1 Å². The van der Waals surface area contributed by atoms with E-state index in [1.165, 1.54) is 34.8 Å². The molecular weight excluding hydrogens is 650 g/mol. The summed E-state index contributed by atoms with van der Waals surface area (Å²) in [5, 5.41) is 1.20. The van der Waals surface area contributed by atoms with Gasteiger partial charge in [0.1, 0.15) is 0 Å². The number of benzene rings is 3. The highest BCUT2D eigenvalue weighted by Crippen LogP contribution is 2.39. The van der Waals surface area contributed by atoms with E-state index in [1.54, 1.807) is 0 Å². The number of nitrogens with zero attached hydrogens (tertiary/aromatic N) is 1. The van der Waals surface area contributed by atoms with Gasteiger partial charge < -0.3 is 4.98 Å². The molecule has 0 saturated carbocycles. The van der Waals surface area contributed by atoms with E-state index >= 15 is 0 Å². The summed E-state index contributed by atoms with van der Waals surface area (Å²) in [7, 11) is 0. The molecular formula is C24H15BrI2N2. The molecule has 0 radical (unpaired) electrons. The summed E-state index contributed by atoms with van der Waals surface area (Å²) >= 11 is 8.35. The molecule has 0 spiro atoms. The van der Waals surface area contributed by atoms with E-state index in [0.29, 0.717) is 0 Å². The fourth-order valence-electron chi connectivity index (χ4n) is 3.77. The van der Waals surface area contributed by atoms with Crippen LogP contribution < -0.4 is 0 Å².